The van der Waals surface area contributed by atoms with E-state index in [4.69, 9.17) is 16.6 Å². The van der Waals surface area contributed by atoms with Gasteiger partial charge < -0.3 is 0 Å². The highest BCUT2D eigenvalue weighted by atomic mass is 35.5. The van der Waals surface area contributed by atoms with E-state index < -0.39 is 0 Å². The zero-order chi connectivity index (χ0) is 29.2. The largest absolute Gasteiger partial charge is 0.300 e. The van der Waals surface area contributed by atoms with E-state index in [1.165, 1.54) is 67.3 Å². The van der Waals surface area contributed by atoms with Crippen LogP contribution in [0.5, 0.6) is 0 Å². The van der Waals surface area contributed by atoms with Crippen LogP contribution in [0.25, 0.3) is 0 Å². The molecule has 2 aromatic rings. The highest BCUT2D eigenvalue weighted by Crippen LogP contribution is 2.43. The number of hydrogen-bond donors (Lipinski definition) is 0. The molecule has 2 aromatic carbocycles. The van der Waals surface area contributed by atoms with Crippen LogP contribution >= 0.6 is 11.6 Å². The van der Waals surface area contributed by atoms with Gasteiger partial charge in [-0.1, -0.05) is 115 Å². The molecule has 2 aliphatic rings. The summed E-state index contributed by atoms with van der Waals surface area (Å²) >= 11 is 6.38. The maximum absolute atomic E-state index is 11.4. The van der Waals surface area contributed by atoms with Gasteiger partial charge in [-0.15, -0.1) is 0 Å². The first kappa shape index (κ1) is 35.1. The lowest BCUT2D eigenvalue weighted by Crippen LogP contribution is -2.04. The molecule has 2 saturated carbocycles. The number of carbonyl (C=O) groups excluding carboxylic acids is 1. The molecule has 0 spiro atoms. The Morgan fingerprint density at radius 2 is 1.62 bits per heavy atom. The van der Waals surface area contributed by atoms with Gasteiger partial charge in [0.2, 0.25) is 0 Å². The molecule has 2 fully saturated rings. The number of unbranched alkanes of at least 4 members (excludes halogenated alkanes) is 1. The molecule has 1 unspecified atom stereocenters. The van der Waals surface area contributed by atoms with Gasteiger partial charge in [0.05, 0.1) is 10.7 Å². The molecule has 218 valence electrons. The molecular formula is C36H56ClNO. The second-order valence-electron chi connectivity index (χ2n) is 11.2. The van der Waals surface area contributed by atoms with Crippen LogP contribution in [-0.4, -0.2) is 11.5 Å². The van der Waals surface area contributed by atoms with Crippen molar-refractivity contribution in [3.05, 3.63) is 64.2 Å². The van der Waals surface area contributed by atoms with Gasteiger partial charge in [-0.25, -0.2) is 0 Å². The number of rotatable bonds is 10. The lowest BCUT2D eigenvalue weighted by molar-refractivity contribution is -0.119. The van der Waals surface area contributed by atoms with E-state index in [0.717, 1.165) is 41.8 Å². The van der Waals surface area contributed by atoms with E-state index in [9.17, 15) is 4.79 Å². The average molecular weight is 554 g/mol. The van der Waals surface area contributed by atoms with Crippen LogP contribution in [0.3, 0.4) is 0 Å². The van der Waals surface area contributed by atoms with E-state index in [2.05, 4.69) is 58.9 Å². The molecule has 1 atom stereocenters. The monoisotopic (exact) mass is 553 g/mol. The molecule has 3 heteroatoms. The molecule has 0 aliphatic heterocycles. The number of aliphatic imine (C=N–C) groups is 1. The van der Waals surface area contributed by atoms with E-state index in [1.54, 1.807) is 0 Å². The molecule has 39 heavy (non-hydrogen) atoms. The molecular weight excluding hydrogens is 498 g/mol. The highest BCUT2D eigenvalue weighted by Gasteiger charge is 2.24. The average Bonchev–Trinajstić information content (AvgIpc) is 3.76. The summed E-state index contributed by atoms with van der Waals surface area (Å²) in [5.74, 6) is 2.55. The van der Waals surface area contributed by atoms with Crippen molar-refractivity contribution in [1.82, 2.24) is 0 Å². The van der Waals surface area contributed by atoms with Crippen molar-refractivity contribution >= 4 is 28.8 Å². The Morgan fingerprint density at radius 1 is 1.00 bits per heavy atom. The molecule has 0 radical (unpaired) electrons. The van der Waals surface area contributed by atoms with Gasteiger partial charge in [0.1, 0.15) is 5.78 Å². The summed E-state index contributed by atoms with van der Waals surface area (Å²) in [5, 5.41) is 0.813. The minimum absolute atomic E-state index is 0.357. The van der Waals surface area contributed by atoms with E-state index in [-0.39, 0.29) is 0 Å². The second kappa shape index (κ2) is 20.0. The maximum Gasteiger partial charge on any atom is 0.133 e. The van der Waals surface area contributed by atoms with Crippen molar-refractivity contribution < 1.29 is 4.79 Å². The summed E-state index contributed by atoms with van der Waals surface area (Å²) in [6.45, 7) is 16.9. The van der Waals surface area contributed by atoms with Crippen LogP contribution < -0.4 is 0 Å². The Kier molecular flexibility index (Phi) is 18.0. The Morgan fingerprint density at radius 3 is 2.08 bits per heavy atom. The van der Waals surface area contributed by atoms with E-state index >= 15 is 0 Å². The number of nitrogens with zero attached hydrogens (tertiary/aromatic N) is 1. The summed E-state index contributed by atoms with van der Waals surface area (Å²) in [6, 6.07) is 14.6. The number of carbonyl (C=O) groups is 1. The fraction of sp³-hybridized carbons (Fsp3) is 0.611. The van der Waals surface area contributed by atoms with Gasteiger partial charge in [-0.3, -0.25) is 9.79 Å². The van der Waals surface area contributed by atoms with Crippen molar-refractivity contribution in [3.63, 3.8) is 0 Å². The van der Waals surface area contributed by atoms with Gasteiger partial charge in [0, 0.05) is 18.6 Å². The molecule has 0 aromatic heterocycles. The Labute approximate surface area is 246 Å². The van der Waals surface area contributed by atoms with Crippen molar-refractivity contribution in [1.29, 1.82) is 0 Å². The first-order valence-corrected chi connectivity index (χ1v) is 16.0. The normalized spacial score (nSPS) is 15.4. The first-order chi connectivity index (χ1) is 18.7. The van der Waals surface area contributed by atoms with Gasteiger partial charge >= 0.3 is 0 Å². The van der Waals surface area contributed by atoms with Gasteiger partial charge in [-0.05, 0) is 86.5 Å². The lowest BCUT2D eigenvalue weighted by Gasteiger charge is -2.18. The Hall–Kier alpha value is -1.93. The molecule has 0 bridgehead atoms. The van der Waals surface area contributed by atoms with Crippen LogP contribution in [-0.2, 0) is 4.79 Å². The fourth-order valence-electron chi connectivity index (χ4n) is 4.47. The third-order valence-electron chi connectivity index (χ3n) is 7.35. The minimum Gasteiger partial charge on any atom is -0.300 e. The van der Waals surface area contributed by atoms with Gasteiger partial charge in [0.25, 0.3) is 0 Å². The van der Waals surface area contributed by atoms with Gasteiger partial charge in [-0.2, -0.15) is 0 Å². The number of halogens is 1. The summed E-state index contributed by atoms with van der Waals surface area (Å²) < 4.78 is 0. The predicted octanol–water partition coefficient (Wildman–Crippen LogP) is 12.2. The number of Topliss-reactive ketones (excluding diaryl/α,β-unsaturated/α-hetero) is 1. The third kappa shape index (κ3) is 14.3. The maximum atomic E-state index is 11.4. The predicted molar refractivity (Wildman–Crippen MR) is 174 cm³/mol. The second-order valence-corrected chi connectivity index (χ2v) is 11.6. The summed E-state index contributed by atoms with van der Waals surface area (Å²) in [5.41, 5.74) is 6.01. The fourth-order valence-corrected chi connectivity index (χ4v) is 4.79. The number of ketones is 1. The number of hydrogen-bond acceptors (Lipinski definition) is 2. The molecule has 0 N–H and O–H groups in total. The zero-order valence-electron chi connectivity index (χ0n) is 26.3. The van der Waals surface area contributed by atoms with Crippen LogP contribution in [0.1, 0.15) is 148 Å². The third-order valence-corrected chi connectivity index (χ3v) is 7.63. The van der Waals surface area contributed by atoms with Crippen molar-refractivity contribution in [2.24, 2.45) is 10.9 Å². The van der Waals surface area contributed by atoms with E-state index in [0.29, 0.717) is 18.1 Å². The summed E-state index contributed by atoms with van der Waals surface area (Å²) in [4.78, 5) is 16.1. The SMILES string of the molecule is CC.CC1CCC1.CCCC(=O)CC(C)c1ccccc1.CCCCC(C)=Nc1c(C)cc(C2CC2)cc1Cl. The smallest absolute Gasteiger partial charge is 0.133 e. The Balaban J connectivity index is 0.000000320. The highest BCUT2D eigenvalue weighted by molar-refractivity contribution is 6.33. The van der Waals surface area contributed by atoms with Crippen LogP contribution in [0.2, 0.25) is 5.02 Å². The van der Waals surface area contributed by atoms with Crippen LogP contribution in [0, 0.1) is 12.8 Å². The minimum atomic E-state index is 0.357. The molecule has 0 amide bonds. The zero-order valence-corrected chi connectivity index (χ0v) is 27.0. The van der Waals surface area contributed by atoms with Gasteiger partial charge in [0.15, 0.2) is 0 Å². The van der Waals surface area contributed by atoms with Crippen molar-refractivity contribution in [2.75, 3.05) is 0 Å². The number of benzene rings is 2. The standard InChI is InChI=1S/C16H22ClN.C13H18O.C5H10.C2H6/c1-4-5-6-12(3)18-16-11(2)9-14(10-15(16)17)13-7-8-13;1-3-7-13(14)10-11(2)12-8-5-4-6-9-12;1-5-3-2-4-5;1-2/h9-10,13H,4-8H2,1-3H3;4-6,8-9,11H,3,7,10H2,1-2H3;5H,2-4H2,1H3;1-2H3. The van der Waals surface area contributed by atoms with E-state index in [1.807, 2.05) is 39.0 Å². The van der Waals surface area contributed by atoms with Crippen LogP contribution in [0.15, 0.2) is 47.5 Å². The first-order valence-electron chi connectivity index (χ1n) is 15.7. The lowest BCUT2D eigenvalue weighted by atomic mass is 9.88. The van der Waals surface area contributed by atoms with Crippen molar-refractivity contribution in [3.8, 4) is 0 Å². The molecule has 0 saturated heterocycles. The Bertz CT molecular complexity index is 950. The van der Waals surface area contributed by atoms with Crippen LogP contribution in [0.4, 0.5) is 5.69 Å². The summed E-state index contributed by atoms with van der Waals surface area (Å²) in [7, 11) is 0. The van der Waals surface area contributed by atoms with Crippen molar-refractivity contribution in [2.45, 2.75) is 138 Å². The number of aryl methyl sites for hydroxylation is 1. The summed E-state index contributed by atoms with van der Waals surface area (Å²) in [6.07, 6.45) is 12.9. The molecule has 0 heterocycles. The topological polar surface area (TPSA) is 29.4 Å². The quantitative estimate of drug-likeness (QED) is 0.269. The molecule has 2 aliphatic carbocycles. The molecule has 4 rings (SSSR count). The molecule has 2 nitrogen and oxygen atoms in total.